The minimum Gasteiger partial charge on any atom is -0.480 e. The normalized spacial score (nSPS) is 23.8. The van der Waals surface area contributed by atoms with Crippen LogP contribution < -0.4 is 5.32 Å². The molecule has 1 saturated heterocycles. The molecule has 0 unspecified atom stereocenters. The van der Waals surface area contributed by atoms with Crippen molar-refractivity contribution in [3.8, 4) is 0 Å². The minimum absolute atomic E-state index is 0.242. The van der Waals surface area contributed by atoms with E-state index in [1.54, 1.807) is 0 Å². The molecule has 0 spiro atoms. The van der Waals surface area contributed by atoms with Crippen molar-refractivity contribution in [3.63, 3.8) is 0 Å². The number of aliphatic hydroxyl groups is 1. The number of halogens is 4. The molecule has 3 N–H and O–H groups in total. The van der Waals surface area contributed by atoms with Crippen LogP contribution in [0.1, 0.15) is 6.42 Å². The number of carboxylic acid groups (broad SMARTS) is 1. The van der Waals surface area contributed by atoms with Gasteiger partial charge in [0.2, 0.25) is 0 Å². The topological polar surface area (TPSA) is 89.9 Å². The molecule has 2 amide bonds. The quantitative estimate of drug-likeness (QED) is 0.641. The van der Waals surface area contributed by atoms with E-state index >= 15 is 0 Å². The summed E-state index contributed by atoms with van der Waals surface area (Å²) in [5.74, 6) is -5.81. The van der Waals surface area contributed by atoms with Crippen LogP contribution in [0.3, 0.4) is 0 Å². The summed E-state index contributed by atoms with van der Waals surface area (Å²) in [6.45, 7) is -1.97. The number of amides is 2. The molecule has 1 aliphatic rings. The molecule has 0 radical (unpaired) electrons. The summed E-state index contributed by atoms with van der Waals surface area (Å²) in [5.41, 5.74) is 0. The molecular formula is C9H12F4N2O4. The van der Waals surface area contributed by atoms with E-state index < -0.39 is 43.0 Å². The fourth-order valence-corrected chi connectivity index (χ4v) is 1.64. The maximum Gasteiger partial charge on any atom is 0.326 e. The molecule has 6 nitrogen and oxygen atoms in total. The standard InChI is InChI=1S/C9H12F4N2O4/c10-7(11)9(12,13)3-14-8(19)15-2-4(16)1-5(15)6(17)18/h4-5,7,16H,1-3H2,(H,14,19)(H,17,18)/t4-,5-/m0/s1. The maximum absolute atomic E-state index is 12.6. The molecule has 10 heteroatoms. The van der Waals surface area contributed by atoms with Crippen LogP contribution in [0.15, 0.2) is 0 Å². The average Bonchev–Trinajstić information content (AvgIpc) is 2.68. The molecule has 1 fully saturated rings. The maximum atomic E-state index is 12.6. The number of aliphatic carboxylic acids is 1. The number of hydrogen-bond acceptors (Lipinski definition) is 3. The summed E-state index contributed by atoms with van der Waals surface area (Å²) < 4.78 is 48.9. The summed E-state index contributed by atoms with van der Waals surface area (Å²) in [6.07, 6.45) is -5.27. The van der Waals surface area contributed by atoms with E-state index in [4.69, 9.17) is 5.11 Å². The van der Waals surface area contributed by atoms with Crippen molar-refractivity contribution in [1.82, 2.24) is 10.2 Å². The first kappa shape index (κ1) is 15.5. The number of aliphatic hydroxyl groups excluding tert-OH is 1. The zero-order chi connectivity index (χ0) is 14.8. The SMILES string of the molecule is O=C(O)[C@@H]1C[C@H](O)CN1C(=O)NCC(F)(F)C(F)F. The van der Waals surface area contributed by atoms with Gasteiger partial charge in [-0.25, -0.2) is 18.4 Å². The number of carboxylic acids is 1. The highest BCUT2D eigenvalue weighted by atomic mass is 19.3. The zero-order valence-electron chi connectivity index (χ0n) is 9.52. The number of likely N-dealkylation sites (tertiary alicyclic amines) is 1. The van der Waals surface area contributed by atoms with E-state index in [1.807, 2.05) is 0 Å². The lowest BCUT2D eigenvalue weighted by atomic mass is 10.2. The summed E-state index contributed by atoms with van der Waals surface area (Å²) in [4.78, 5) is 22.8. The van der Waals surface area contributed by atoms with Gasteiger partial charge in [0, 0.05) is 13.0 Å². The Morgan fingerprint density at radius 2 is 2.00 bits per heavy atom. The third-order valence-electron chi connectivity index (χ3n) is 2.62. The van der Waals surface area contributed by atoms with Crippen LogP contribution in [0.4, 0.5) is 22.4 Å². The van der Waals surface area contributed by atoms with Crippen molar-refractivity contribution in [3.05, 3.63) is 0 Å². The molecule has 0 aromatic heterocycles. The lowest BCUT2D eigenvalue weighted by Crippen LogP contribution is -2.50. The highest BCUT2D eigenvalue weighted by Gasteiger charge is 2.43. The molecule has 0 aromatic rings. The predicted octanol–water partition coefficient (Wildman–Crippen LogP) is 0.116. The Hall–Kier alpha value is -1.58. The first-order chi connectivity index (χ1) is 8.65. The van der Waals surface area contributed by atoms with Gasteiger partial charge >= 0.3 is 24.3 Å². The summed E-state index contributed by atoms with van der Waals surface area (Å²) in [7, 11) is 0. The Kier molecular flexibility index (Phi) is 4.56. The number of alkyl halides is 4. The van der Waals surface area contributed by atoms with Gasteiger partial charge in [-0.05, 0) is 0 Å². The van der Waals surface area contributed by atoms with Gasteiger partial charge in [0.1, 0.15) is 6.04 Å². The van der Waals surface area contributed by atoms with Gasteiger partial charge < -0.3 is 20.4 Å². The van der Waals surface area contributed by atoms with E-state index in [2.05, 4.69) is 0 Å². The number of hydrogen-bond donors (Lipinski definition) is 3. The predicted molar refractivity (Wildman–Crippen MR) is 53.1 cm³/mol. The lowest BCUT2D eigenvalue weighted by Gasteiger charge is -2.23. The molecule has 0 bridgehead atoms. The first-order valence-electron chi connectivity index (χ1n) is 5.26. The molecule has 0 saturated carbocycles. The monoisotopic (exact) mass is 288 g/mol. The van der Waals surface area contributed by atoms with Crippen LogP contribution in [0, 0.1) is 0 Å². The molecule has 2 atom stereocenters. The van der Waals surface area contributed by atoms with Gasteiger partial charge in [-0.3, -0.25) is 0 Å². The Morgan fingerprint density at radius 1 is 1.42 bits per heavy atom. The molecule has 19 heavy (non-hydrogen) atoms. The molecule has 1 aliphatic heterocycles. The third-order valence-corrected chi connectivity index (χ3v) is 2.62. The van der Waals surface area contributed by atoms with Gasteiger partial charge in [-0.2, -0.15) is 8.78 Å². The van der Waals surface area contributed by atoms with Gasteiger partial charge in [-0.15, -0.1) is 0 Å². The van der Waals surface area contributed by atoms with Crippen molar-refractivity contribution >= 4 is 12.0 Å². The van der Waals surface area contributed by atoms with Crippen molar-refractivity contribution in [1.29, 1.82) is 0 Å². The Bertz CT molecular complexity index is 366. The van der Waals surface area contributed by atoms with E-state index in [0.717, 1.165) is 0 Å². The lowest BCUT2D eigenvalue weighted by molar-refractivity contribution is -0.141. The molecule has 0 aromatic carbocycles. The average molecular weight is 288 g/mol. The van der Waals surface area contributed by atoms with E-state index in [-0.39, 0.29) is 13.0 Å². The number of β-amino-alcohol motifs (C(OH)–C–C–N with tert-alkyl or cyclic N) is 1. The zero-order valence-corrected chi connectivity index (χ0v) is 9.52. The van der Waals surface area contributed by atoms with Gasteiger partial charge in [-0.1, -0.05) is 0 Å². The van der Waals surface area contributed by atoms with Crippen LogP contribution in [0.2, 0.25) is 0 Å². The fraction of sp³-hybridized carbons (Fsp3) is 0.778. The number of carbonyl (C=O) groups is 2. The minimum atomic E-state index is -4.40. The van der Waals surface area contributed by atoms with E-state index in [0.29, 0.717) is 4.90 Å². The van der Waals surface area contributed by atoms with Crippen molar-refractivity contribution in [2.24, 2.45) is 0 Å². The highest BCUT2D eigenvalue weighted by molar-refractivity contribution is 5.83. The van der Waals surface area contributed by atoms with Crippen molar-refractivity contribution in [2.75, 3.05) is 13.1 Å². The fourth-order valence-electron chi connectivity index (χ4n) is 1.64. The summed E-state index contributed by atoms with van der Waals surface area (Å²) >= 11 is 0. The van der Waals surface area contributed by atoms with Crippen LogP contribution in [0.5, 0.6) is 0 Å². The van der Waals surface area contributed by atoms with Crippen molar-refractivity contribution < 1.29 is 37.4 Å². The summed E-state index contributed by atoms with van der Waals surface area (Å²) in [5, 5.41) is 19.5. The Morgan fingerprint density at radius 3 is 2.47 bits per heavy atom. The van der Waals surface area contributed by atoms with Crippen LogP contribution in [-0.4, -0.2) is 64.7 Å². The van der Waals surface area contributed by atoms with Crippen molar-refractivity contribution in [2.45, 2.75) is 30.9 Å². The van der Waals surface area contributed by atoms with Gasteiger partial charge in [0.25, 0.3) is 0 Å². The number of nitrogens with zero attached hydrogens (tertiary/aromatic N) is 1. The molecular weight excluding hydrogens is 276 g/mol. The third kappa shape index (κ3) is 3.69. The largest absolute Gasteiger partial charge is 0.480 e. The Labute approximate surface area is 105 Å². The summed E-state index contributed by atoms with van der Waals surface area (Å²) in [6, 6.07) is -2.60. The molecule has 110 valence electrons. The first-order valence-corrected chi connectivity index (χ1v) is 5.26. The molecule has 0 aliphatic carbocycles. The number of nitrogens with one attached hydrogen (secondary N) is 1. The smallest absolute Gasteiger partial charge is 0.326 e. The molecule has 1 heterocycles. The van der Waals surface area contributed by atoms with E-state index in [1.165, 1.54) is 5.32 Å². The number of carbonyl (C=O) groups excluding carboxylic acids is 1. The van der Waals surface area contributed by atoms with Gasteiger partial charge in [0.05, 0.1) is 12.6 Å². The van der Waals surface area contributed by atoms with Crippen LogP contribution in [0.25, 0.3) is 0 Å². The second-order valence-corrected chi connectivity index (χ2v) is 4.12. The number of urea groups is 1. The second-order valence-electron chi connectivity index (χ2n) is 4.12. The van der Waals surface area contributed by atoms with E-state index in [9.17, 15) is 32.3 Å². The van der Waals surface area contributed by atoms with Crippen LogP contribution in [-0.2, 0) is 4.79 Å². The highest BCUT2D eigenvalue weighted by Crippen LogP contribution is 2.22. The number of rotatable bonds is 4. The molecule has 1 rings (SSSR count). The van der Waals surface area contributed by atoms with Crippen LogP contribution >= 0.6 is 0 Å². The second kappa shape index (κ2) is 5.59. The Balaban J connectivity index is 2.60. The van der Waals surface area contributed by atoms with Gasteiger partial charge in [0.15, 0.2) is 0 Å².